The predicted octanol–water partition coefficient (Wildman–Crippen LogP) is 1.57. The first-order chi connectivity index (χ1) is 6.93. The first-order valence-corrected chi connectivity index (χ1v) is 4.92. The lowest BCUT2D eigenvalue weighted by Crippen LogP contribution is -2.33. The van der Waals surface area contributed by atoms with E-state index in [0.29, 0.717) is 13.0 Å². The molecule has 84 valence electrons. The minimum Gasteiger partial charge on any atom is -0.446 e. The van der Waals surface area contributed by atoms with Crippen LogP contribution in [0, 0.1) is 5.41 Å². The second-order valence-electron chi connectivity index (χ2n) is 4.65. The Morgan fingerprint density at radius 3 is 2.80 bits per heavy atom. The Labute approximate surface area is 88.6 Å². The summed E-state index contributed by atoms with van der Waals surface area (Å²) in [6, 6.07) is -0.118. The van der Waals surface area contributed by atoms with E-state index in [1.54, 1.807) is 20.8 Å². The van der Waals surface area contributed by atoms with Crippen molar-refractivity contribution in [1.29, 1.82) is 0 Å². The van der Waals surface area contributed by atoms with Gasteiger partial charge in [-0.2, -0.15) is 0 Å². The van der Waals surface area contributed by atoms with Crippen molar-refractivity contribution in [3.63, 3.8) is 0 Å². The summed E-state index contributed by atoms with van der Waals surface area (Å²) in [6.45, 7) is 5.96. The molecule has 1 saturated heterocycles. The zero-order valence-electron chi connectivity index (χ0n) is 9.23. The molecule has 2 atom stereocenters. The van der Waals surface area contributed by atoms with E-state index in [1.165, 1.54) is 0 Å². The fourth-order valence-electron chi connectivity index (χ4n) is 1.24. The maximum Gasteiger partial charge on any atom is 0.312 e. The molecule has 0 bridgehead atoms. The van der Waals surface area contributed by atoms with E-state index in [1.807, 2.05) is 0 Å². The van der Waals surface area contributed by atoms with Crippen molar-refractivity contribution in [2.45, 2.75) is 39.5 Å². The maximum absolute atomic E-state index is 11.5. The van der Waals surface area contributed by atoms with Crippen LogP contribution >= 0.6 is 0 Å². The Morgan fingerprint density at radius 1 is 1.60 bits per heavy atom. The van der Waals surface area contributed by atoms with Gasteiger partial charge in [0.05, 0.1) is 11.5 Å². The van der Waals surface area contributed by atoms with Gasteiger partial charge in [0.15, 0.2) is 6.23 Å². The van der Waals surface area contributed by atoms with Crippen LogP contribution in [0.3, 0.4) is 0 Å². The van der Waals surface area contributed by atoms with Gasteiger partial charge in [0.25, 0.3) is 0 Å². The number of azide groups is 1. The predicted molar refractivity (Wildman–Crippen MR) is 54.9 cm³/mol. The molecule has 1 heterocycles. The minimum atomic E-state index is -0.502. The smallest absolute Gasteiger partial charge is 0.312 e. The van der Waals surface area contributed by atoms with Crippen molar-refractivity contribution < 1.29 is 9.53 Å². The SMILES string of the molecule is CC(C)(C)C(=O)OC1C[C@H](N=[N+]=[N-])CN1. The molecule has 1 aliphatic rings. The van der Waals surface area contributed by atoms with E-state index in [-0.39, 0.29) is 18.2 Å². The molecular weight excluding hydrogens is 196 g/mol. The molecule has 0 aromatic carbocycles. The summed E-state index contributed by atoms with van der Waals surface area (Å²) >= 11 is 0. The van der Waals surface area contributed by atoms with Gasteiger partial charge in [-0.3, -0.25) is 10.1 Å². The largest absolute Gasteiger partial charge is 0.446 e. The van der Waals surface area contributed by atoms with Crippen molar-refractivity contribution in [3.05, 3.63) is 10.4 Å². The van der Waals surface area contributed by atoms with E-state index >= 15 is 0 Å². The van der Waals surface area contributed by atoms with Crippen LogP contribution < -0.4 is 5.32 Å². The molecule has 0 radical (unpaired) electrons. The number of hydrogen-bond acceptors (Lipinski definition) is 4. The van der Waals surface area contributed by atoms with Crippen molar-refractivity contribution in [2.75, 3.05) is 6.54 Å². The number of nitrogens with zero attached hydrogens (tertiary/aromatic N) is 3. The molecule has 1 rings (SSSR count). The number of hydrogen-bond donors (Lipinski definition) is 1. The van der Waals surface area contributed by atoms with Gasteiger partial charge in [0.2, 0.25) is 0 Å². The number of carbonyl (C=O) groups excluding carboxylic acids is 1. The number of rotatable bonds is 2. The summed E-state index contributed by atoms with van der Waals surface area (Å²) in [6.07, 6.45) is 0.221. The molecule has 0 aliphatic carbocycles. The Morgan fingerprint density at radius 2 is 2.27 bits per heavy atom. The fraction of sp³-hybridized carbons (Fsp3) is 0.889. The Balaban J connectivity index is 2.43. The lowest BCUT2D eigenvalue weighted by molar-refractivity contribution is -0.159. The molecule has 15 heavy (non-hydrogen) atoms. The third-order valence-corrected chi connectivity index (χ3v) is 2.14. The molecular formula is C9H16N4O2. The normalized spacial score (nSPS) is 25.8. The fourth-order valence-corrected chi connectivity index (χ4v) is 1.24. The van der Waals surface area contributed by atoms with Gasteiger partial charge in [-0.15, -0.1) is 0 Å². The van der Waals surface area contributed by atoms with Gasteiger partial charge >= 0.3 is 5.97 Å². The minimum absolute atomic E-state index is 0.118. The van der Waals surface area contributed by atoms with E-state index in [9.17, 15) is 4.79 Å². The first kappa shape index (κ1) is 11.8. The van der Waals surface area contributed by atoms with Crippen LogP contribution in [0.1, 0.15) is 27.2 Å². The molecule has 0 saturated carbocycles. The van der Waals surface area contributed by atoms with Gasteiger partial charge in [-0.1, -0.05) is 5.11 Å². The van der Waals surface area contributed by atoms with Crippen LogP contribution in [0.4, 0.5) is 0 Å². The lowest BCUT2D eigenvalue weighted by atomic mass is 9.97. The number of esters is 1. The van der Waals surface area contributed by atoms with Gasteiger partial charge in [-0.25, -0.2) is 0 Å². The lowest BCUT2D eigenvalue weighted by Gasteiger charge is -2.20. The maximum atomic E-state index is 11.5. The molecule has 0 aromatic rings. The molecule has 0 aromatic heterocycles. The van der Waals surface area contributed by atoms with Crippen LogP contribution in [-0.4, -0.2) is 24.8 Å². The van der Waals surface area contributed by atoms with Gasteiger partial charge in [0, 0.05) is 17.9 Å². The highest BCUT2D eigenvalue weighted by molar-refractivity contribution is 5.75. The summed E-state index contributed by atoms with van der Waals surface area (Å²) in [4.78, 5) is 14.2. The Hall–Kier alpha value is -1.26. The summed E-state index contributed by atoms with van der Waals surface area (Å²) in [5, 5.41) is 6.56. The van der Waals surface area contributed by atoms with E-state index in [4.69, 9.17) is 10.3 Å². The van der Waals surface area contributed by atoms with Crippen molar-refractivity contribution in [2.24, 2.45) is 10.5 Å². The van der Waals surface area contributed by atoms with E-state index < -0.39 is 5.41 Å². The van der Waals surface area contributed by atoms with Crippen LogP contribution in [0.2, 0.25) is 0 Å². The van der Waals surface area contributed by atoms with Crippen LogP contribution in [0.5, 0.6) is 0 Å². The summed E-state index contributed by atoms with van der Waals surface area (Å²) in [5.74, 6) is -0.249. The van der Waals surface area contributed by atoms with Crippen molar-refractivity contribution in [1.82, 2.24) is 5.32 Å². The third-order valence-electron chi connectivity index (χ3n) is 2.14. The Kier molecular flexibility index (Phi) is 3.55. The summed E-state index contributed by atoms with van der Waals surface area (Å²) < 4.78 is 5.22. The van der Waals surface area contributed by atoms with Crippen molar-refractivity contribution in [3.8, 4) is 0 Å². The Bertz CT molecular complexity index is 291. The average molecular weight is 212 g/mol. The molecule has 6 nitrogen and oxygen atoms in total. The molecule has 1 aliphatic heterocycles. The molecule has 1 N–H and O–H groups in total. The van der Waals surface area contributed by atoms with Crippen LogP contribution in [0.25, 0.3) is 10.4 Å². The molecule has 6 heteroatoms. The van der Waals surface area contributed by atoms with Gasteiger partial charge in [-0.05, 0) is 26.3 Å². The monoisotopic (exact) mass is 212 g/mol. The average Bonchev–Trinajstić information content (AvgIpc) is 2.51. The second kappa shape index (κ2) is 4.51. The van der Waals surface area contributed by atoms with Gasteiger partial charge < -0.3 is 4.74 Å². The quantitative estimate of drug-likeness (QED) is 0.326. The third kappa shape index (κ3) is 3.42. The summed E-state index contributed by atoms with van der Waals surface area (Å²) in [7, 11) is 0. The number of ether oxygens (including phenoxy) is 1. The zero-order chi connectivity index (χ0) is 11.5. The zero-order valence-corrected chi connectivity index (χ0v) is 9.23. The molecule has 1 fully saturated rings. The molecule has 0 spiro atoms. The highest BCUT2D eigenvalue weighted by Crippen LogP contribution is 2.19. The van der Waals surface area contributed by atoms with Crippen molar-refractivity contribution >= 4 is 5.97 Å². The topological polar surface area (TPSA) is 87.1 Å². The molecule has 0 amide bonds. The van der Waals surface area contributed by atoms with Gasteiger partial charge in [0.1, 0.15) is 0 Å². The number of carbonyl (C=O) groups is 1. The van der Waals surface area contributed by atoms with Crippen LogP contribution in [-0.2, 0) is 9.53 Å². The van der Waals surface area contributed by atoms with Crippen LogP contribution in [0.15, 0.2) is 5.11 Å². The standard InChI is InChI=1S/C9H16N4O2/c1-9(2,3)8(14)15-7-4-6(5-11-7)12-13-10/h6-7,11H,4-5H2,1-3H3/t6-,7?/m0/s1. The number of nitrogens with one attached hydrogen (secondary N) is 1. The molecule has 1 unspecified atom stereocenters. The second-order valence-corrected chi connectivity index (χ2v) is 4.65. The van der Waals surface area contributed by atoms with E-state index in [0.717, 1.165) is 0 Å². The highest BCUT2D eigenvalue weighted by Gasteiger charge is 2.30. The highest BCUT2D eigenvalue weighted by atomic mass is 16.6. The first-order valence-electron chi connectivity index (χ1n) is 4.92. The summed E-state index contributed by atoms with van der Waals surface area (Å²) in [5.41, 5.74) is 7.75. The van der Waals surface area contributed by atoms with E-state index in [2.05, 4.69) is 15.3 Å².